The van der Waals surface area contributed by atoms with Crippen molar-refractivity contribution < 1.29 is 113 Å². The Bertz CT molecular complexity index is 6410. The fourth-order valence-corrected chi connectivity index (χ4v) is 23.4. The Kier molecular flexibility index (Phi) is 36.2. The Balaban J connectivity index is 0.000000131. The Hall–Kier alpha value is -11.6. The molecule has 5 saturated carbocycles. The molecule has 0 N–H and O–H groups in total. The number of hydrogen-bond donors (Lipinski definition) is 0. The minimum absolute atomic E-state index is 0.00300. The van der Waals surface area contributed by atoms with Crippen LogP contribution in [0.25, 0.3) is 0 Å². The maximum Gasteiger partial charge on any atom is 0.207 e. The summed E-state index contributed by atoms with van der Waals surface area (Å²) in [6.07, 6.45) is 37.6. The Labute approximate surface area is 853 Å². The van der Waals surface area contributed by atoms with Crippen LogP contribution in [-0.2, 0) is 32.1 Å². The Morgan fingerprint density at radius 1 is 0.259 bits per heavy atom. The van der Waals surface area contributed by atoms with Gasteiger partial charge in [0, 0.05) is 87.7 Å². The lowest BCUT2D eigenvalue weighted by Gasteiger charge is -2.30. The zero-order valence-corrected chi connectivity index (χ0v) is 85.3. The molecule has 25 heteroatoms. The summed E-state index contributed by atoms with van der Waals surface area (Å²) in [6.45, 7) is 24.2. The van der Waals surface area contributed by atoms with Crippen molar-refractivity contribution >= 4 is 0 Å². The van der Waals surface area contributed by atoms with Crippen LogP contribution < -0.4 is 47.4 Å². The second-order valence-corrected chi connectivity index (χ2v) is 40.6. The maximum absolute atomic E-state index is 15.0. The molecule has 10 aromatic rings. The molecular weight excluding hydrogens is 1910 g/mol. The smallest absolute Gasteiger partial charge is 0.207 e. The number of benzene rings is 10. The summed E-state index contributed by atoms with van der Waals surface area (Å²) in [5, 5.41) is 0. The SMILES string of the molecule is C/C=C/C1CCC(c2cc3c(c(F)c2F)Oc2c(ccc(OCC)c2F)C3)CC1.C=CC1CCC(c2cc3c(c(F)c2F)Oc2c(ccc(OCC)c2F)C3)CC1.C=CCCC1CCC(c2cc3c(c(F)c2F)Oc2c(ccc(OCC)c2F)C3)CC1.CCCC1CCC(c2cc3c(c(F)c2F)Oc2c(ccc(OCC)c2F)C3)CC1.CCCCCC1CCC(c2cc3c(c(F)c2F)Oc2c(ccc(OCC)c2F)C3)CC1. The van der Waals surface area contributed by atoms with E-state index in [1.54, 1.807) is 126 Å². The molecule has 0 unspecified atom stereocenters. The molecule has 0 bridgehead atoms. The first kappa shape index (κ1) is 108. The number of ether oxygens (including phenoxy) is 10. The van der Waals surface area contributed by atoms with E-state index in [1.807, 2.05) is 19.1 Å². The minimum Gasteiger partial charge on any atom is -0.491 e. The van der Waals surface area contributed by atoms with Crippen molar-refractivity contribution in [1.82, 2.24) is 0 Å². The van der Waals surface area contributed by atoms with Gasteiger partial charge in [-0.05, 0) is 330 Å². The molecule has 0 radical (unpaired) electrons. The molecule has 0 atom stereocenters. The maximum atomic E-state index is 15.0. The molecule has 0 spiro atoms. The summed E-state index contributed by atoms with van der Waals surface area (Å²) in [7, 11) is 0. The summed E-state index contributed by atoms with van der Waals surface area (Å²) in [6, 6.07) is 25.0. The number of fused-ring (bicyclic) bond motifs is 10. The van der Waals surface area contributed by atoms with E-state index in [4.69, 9.17) is 47.4 Å². The fourth-order valence-electron chi connectivity index (χ4n) is 23.4. The monoisotopic (exact) mass is 2040 g/mol. The van der Waals surface area contributed by atoms with Gasteiger partial charge in [0.05, 0.1) is 33.0 Å². The third-order valence-electron chi connectivity index (χ3n) is 31.2. The van der Waals surface area contributed by atoms with Crippen molar-refractivity contribution in [1.29, 1.82) is 0 Å². The van der Waals surface area contributed by atoms with Crippen LogP contribution in [0.1, 0.15) is 348 Å². The number of allylic oxidation sites excluding steroid dienone is 4. The molecule has 10 aliphatic rings. The van der Waals surface area contributed by atoms with Gasteiger partial charge < -0.3 is 47.4 Å². The molecule has 147 heavy (non-hydrogen) atoms. The molecule has 10 aromatic carbocycles. The van der Waals surface area contributed by atoms with Gasteiger partial charge in [0.1, 0.15) is 0 Å². The van der Waals surface area contributed by atoms with Gasteiger partial charge in [-0.1, -0.05) is 107 Å². The second kappa shape index (κ2) is 49.2. The van der Waals surface area contributed by atoms with E-state index in [-0.39, 0.29) is 116 Å². The lowest BCUT2D eigenvalue weighted by atomic mass is 9.76. The molecule has 0 amide bonds. The van der Waals surface area contributed by atoms with E-state index < -0.39 is 87.3 Å². The van der Waals surface area contributed by atoms with E-state index in [1.165, 1.54) is 32.1 Å². The predicted octanol–water partition coefficient (Wildman–Crippen LogP) is 36.5. The summed E-state index contributed by atoms with van der Waals surface area (Å²) in [5.41, 5.74) is 7.99. The zero-order chi connectivity index (χ0) is 104. The van der Waals surface area contributed by atoms with Crippen LogP contribution in [0.2, 0.25) is 0 Å². The van der Waals surface area contributed by atoms with E-state index in [9.17, 15) is 57.1 Å². The predicted molar refractivity (Wildman–Crippen MR) is 541 cm³/mol. The van der Waals surface area contributed by atoms with Crippen LogP contribution >= 0.6 is 0 Å². The van der Waals surface area contributed by atoms with E-state index in [0.717, 1.165) is 148 Å². The first-order valence-corrected chi connectivity index (χ1v) is 53.2. The van der Waals surface area contributed by atoms with Crippen LogP contribution in [0.4, 0.5) is 65.9 Å². The summed E-state index contributed by atoms with van der Waals surface area (Å²) in [5.74, 6) is -11.0. The van der Waals surface area contributed by atoms with Crippen LogP contribution in [-0.4, -0.2) is 33.0 Å². The van der Waals surface area contributed by atoms with E-state index in [0.29, 0.717) is 178 Å². The summed E-state index contributed by atoms with van der Waals surface area (Å²) < 4.78 is 277. The van der Waals surface area contributed by atoms with Gasteiger partial charge in [0.2, 0.25) is 58.2 Å². The van der Waals surface area contributed by atoms with E-state index >= 15 is 8.78 Å². The topological polar surface area (TPSA) is 92.3 Å². The molecule has 20 rings (SSSR count). The number of rotatable bonds is 26. The van der Waals surface area contributed by atoms with Crippen molar-refractivity contribution in [3.05, 3.63) is 299 Å². The highest BCUT2D eigenvalue weighted by Crippen LogP contribution is 2.55. The van der Waals surface area contributed by atoms with Gasteiger partial charge >= 0.3 is 0 Å². The first-order chi connectivity index (χ1) is 71.1. The lowest BCUT2D eigenvalue weighted by Crippen LogP contribution is -2.17. The molecule has 5 aliphatic heterocycles. The molecule has 0 saturated heterocycles. The third kappa shape index (κ3) is 23.7. The van der Waals surface area contributed by atoms with Crippen LogP contribution in [0.15, 0.2) is 128 Å². The van der Waals surface area contributed by atoms with Gasteiger partial charge in [-0.3, -0.25) is 0 Å². The number of halogens is 15. The average molecular weight is 2040 g/mol. The van der Waals surface area contributed by atoms with Crippen LogP contribution in [0, 0.1) is 117 Å². The largest absolute Gasteiger partial charge is 0.491 e. The molecule has 10 nitrogen and oxygen atoms in total. The Morgan fingerprint density at radius 3 is 0.714 bits per heavy atom. The minimum atomic E-state index is -1.04. The van der Waals surface area contributed by atoms with Gasteiger partial charge in [0.15, 0.2) is 115 Å². The van der Waals surface area contributed by atoms with Crippen LogP contribution in [0.3, 0.4) is 0 Å². The number of unbranched alkanes of at least 4 members (excludes halogenated alkanes) is 2. The van der Waals surface area contributed by atoms with Crippen molar-refractivity contribution in [2.24, 2.45) is 29.6 Å². The Morgan fingerprint density at radius 2 is 0.490 bits per heavy atom. The van der Waals surface area contributed by atoms with Gasteiger partial charge in [-0.2, -0.15) is 43.9 Å². The van der Waals surface area contributed by atoms with Gasteiger partial charge in [-0.15, -0.1) is 13.2 Å². The standard InChI is InChI=1S/C26H31F3O2.C25H27F3O2.C24H27F3O2.C24H25F3O2.C23H23F3O2/c1-3-5-6-7-16-8-10-17(11-9-16)20-15-19-14-18-12-13-21(30-4-2)23(28)25(18)31-26(19)24(29)22(20)27;1-3-5-6-15-7-9-16(10-8-15)19-14-18-13-17-11-12-20(29-4-2)22(27)24(17)30-25(18)23(28)21(19)26;2*1-3-5-14-6-8-15(9-7-14)18-13-17-12-16-10-11-19(28-4-2)21(26)23(16)29-24(17)22(27)20(18)25;1-3-13-5-7-14(8-6-13)17-12-16-11-15-9-10-18(27-4-2)20(25)22(15)28-23(16)21(26)19(17)24/h12-13,15-17H,3-11,14H2,1-2H3;3,11-12,14-16H,1,4-10,13H2,2H3;10-11,13-15H,3-9,12H2,1-2H3;3,5,10-11,13-15H,4,6-9,12H2,1-2H3;3,9-10,12-14H,1,4-8,11H2,2H3/b;;;5-3+;. The summed E-state index contributed by atoms with van der Waals surface area (Å²) >= 11 is 0. The summed E-state index contributed by atoms with van der Waals surface area (Å²) in [4.78, 5) is 0. The van der Waals surface area contributed by atoms with Gasteiger partial charge in [-0.25, -0.2) is 22.0 Å². The molecule has 0 aromatic heterocycles. The van der Waals surface area contributed by atoms with Crippen molar-refractivity contribution in [2.75, 3.05) is 33.0 Å². The van der Waals surface area contributed by atoms with Crippen molar-refractivity contribution in [3.8, 4) is 86.2 Å². The van der Waals surface area contributed by atoms with E-state index in [2.05, 4.69) is 39.2 Å². The average Bonchev–Trinajstić information content (AvgIpc) is 0.769. The van der Waals surface area contributed by atoms with Crippen LogP contribution in [0.5, 0.6) is 86.2 Å². The molecule has 5 aliphatic carbocycles. The second-order valence-electron chi connectivity index (χ2n) is 40.6. The third-order valence-corrected chi connectivity index (χ3v) is 31.2. The highest BCUT2D eigenvalue weighted by molar-refractivity contribution is 5.61. The zero-order valence-electron chi connectivity index (χ0n) is 85.3. The molecule has 5 heterocycles. The fraction of sp³-hybridized carbons (Fsp3) is 0.459. The normalized spacial score (nSPS) is 20.5. The quantitative estimate of drug-likeness (QED) is 0.0296. The molecular formula is C122H133F15O10. The highest BCUT2D eigenvalue weighted by Gasteiger charge is 2.41. The number of hydrogen-bond acceptors (Lipinski definition) is 10. The van der Waals surface area contributed by atoms with Gasteiger partial charge in [0.25, 0.3) is 0 Å². The van der Waals surface area contributed by atoms with Crippen molar-refractivity contribution in [3.63, 3.8) is 0 Å². The molecule has 786 valence electrons. The highest BCUT2D eigenvalue weighted by atomic mass is 19.2. The first-order valence-electron chi connectivity index (χ1n) is 53.2. The lowest BCUT2D eigenvalue weighted by molar-refractivity contribution is 0.295. The molecule has 5 fully saturated rings. The van der Waals surface area contributed by atoms with Crippen molar-refractivity contribution in [2.45, 2.75) is 297 Å².